The summed E-state index contributed by atoms with van der Waals surface area (Å²) in [7, 11) is 0. The fourth-order valence-electron chi connectivity index (χ4n) is 3.28. The van der Waals surface area contributed by atoms with E-state index in [1.807, 2.05) is 18.7 Å². The van der Waals surface area contributed by atoms with Gasteiger partial charge in [0.05, 0.1) is 6.42 Å². The fourth-order valence-corrected chi connectivity index (χ4v) is 3.28. The molecule has 0 aliphatic carbocycles. The van der Waals surface area contributed by atoms with E-state index in [1.54, 1.807) is 23.0 Å². The monoisotopic (exact) mass is 352 g/mol. The highest BCUT2D eigenvalue weighted by atomic mass is 16.2. The van der Waals surface area contributed by atoms with Crippen molar-refractivity contribution in [2.75, 3.05) is 31.1 Å². The lowest BCUT2D eigenvalue weighted by Crippen LogP contribution is -2.49. The Morgan fingerprint density at radius 2 is 1.81 bits per heavy atom. The Morgan fingerprint density at radius 1 is 1.08 bits per heavy atom. The molecular formula is C17H20N8O. The Morgan fingerprint density at radius 3 is 2.54 bits per heavy atom. The number of hydrogen-bond donors (Lipinski definition) is 0. The largest absolute Gasteiger partial charge is 0.339 e. The van der Waals surface area contributed by atoms with E-state index in [4.69, 9.17) is 0 Å². The highest BCUT2D eigenvalue weighted by Crippen LogP contribution is 2.16. The molecule has 4 heterocycles. The first-order chi connectivity index (χ1) is 12.6. The van der Waals surface area contributed by atoms with Crippen LogP contribution in [0.4, 0.5) is 5.95 Å². The standard InChI is InChI=1S/C17H20N8O/c1-12-14(13(2)25-17(22-12)20-11-21-25)10-15(26)23-6-8-24(9-7-23)16-18-4-3-5-19-16/h3-5,11H,6-10H2,1-2H3. The van der Waals surface area contributed by atoms with Crippen molar-refractivity contribution in [3.63, 3.8) is 0 Å². The van der Waals surface area contributed by atoms with Crippen LogP contribution < -0.4 is 4.90 Å². The lowest BCUT2D eigenvalue weighted by molar-refractivity contribution is -0.130. The van der Waals surface area contributed by atoms with Crippen LogP contribution in [0.1, 0.15) is 17.0 Å². The Bertz CT molecular complexity index is 931. The second-order valence-electron chi connectivity index (χ2n) is 6.33. The first kappa shape index (κ1) is 16.4. The van der Waals surface area contributed by atoms with Crippen molar-refractivity contribution >= 4 is 17.6 Å². The van der Waals surface area contributed by atoms with Gasteiger partial charge in [-0.1, -0.05) is 0 Å². The van der Waals surface area contributed by atoms with E-state index in [9.17, 15) is 4.79 Å². The number of fused-ring (bicyclic) bond motifs is 1. The number of amides is 1. The molecule has 1 fully saturated rings. The van der Waals surface area contributed by atoms with Crippen LogP contribution in [0.3, 0.4) is 0 Å². The van der Waals surface area contributed by atoms with Gasteiger partial charge in [0.1, 0.15) is 6.33 Å². The van der Waals surface area contributed by atoms with Gasteiger partial charge >= 0.3 is 0 Å². The van der Waals surface area contributed by atoms with Gasteiger partial charge in [-0.2, -0.15) is 10.1 Å². The molecule has 9 heteroatoms. The molecule has 0 N–H and O–H groups in total. The summed E-state index contributed by atoms with van der Waals surface area (Å²) < 4.78 is 1.68. The lowest BCUT2D eigenvalue weighted by atomic mass is 10.1. The minimum atomic E-state index is 0.103. The van der Waals surface area contributed by atoms with Gasteiger partial charge < -0.3 is 9.80 Å². The number of aromatic nitrogens is 6. The molecule has 1 aliphatic rings. The van der Waals surface area contributed by atoms with Crippen LogP contribution in [-0.2, 0) is 11.2 Å². The number of piperazine rings is 1. The molecule has 0 radical (unpaired) electrons. The Balaban J connectivity index is 1.45. The van der Waals surface area contributed by atoms with E-state index in [1.165, 1.54) is 6.33 Å². The molecule has 4 rings (SSSR count). The van der Waals surface area contributed by atoms with Crippen molar-refractivity contribution < 1.29 is 4.79 Å². The van der Waals surface area contributed by atoms with Crippen LogP contribution in [0.15, 0.2) is 24.8 Å². The molecule has 134 valence electrons. The molecule has 0 spiro atoms. The molecule has 1 aliphatic heterocycles. The number of carbonyl (C=O) groups excluding carboxylic acids is 1. The Kier molecular flexibility index (Phi) is 4.19. The number of nitrogens with zero attached hydrogens (tertiary/aromatic N) is 8. The number of carbonyl (C=O) groups is 1. The van der Waals surface area contributed by atoms with E-state index in [0.717, 1.165) is 30.0 Å². The molecule has 9 nitrogen and oxygen atoms in total. The summed E-state index contributed by atoms with van der Waals surface area (Å²) in [5.74, 6) is 1.38. The first-order valence-corrected chi connectivity index (χ1v) is 8.59. The average Bonchev–Trinajstić information content (AvgIpc) is 3.14. The smallest absolute Gasteiger partial charge is 0.252 e. The molecule has 26 heavy (non-hydrogen) atoms. The van der Waals surface area contributed by atoms with Crippen LogP contribution in [0.5, 0.6) is 0 Å². The van der Waals surface area contributed by atoms with Gasteiger partial charge in [0.15, 0.2) is 0 Å². The number of aryl methyl sites for hydroxylation is 2. The second kappa shape index (κ2) is 6.66. The van der Waals surface area contributed by atoms with Crippen LogP contribution in [0.25, 0.3) is 5.78 Å². The quantitative estimate of drug-likeness (QED) is 0.674. The van der Waals surface area contributed by atoms with Crippen molar-refractivity contribution in [2.45, 2.75) is 20.3 Å². The third-order valence-corrected chi connectivity index (χ3v) is 4.78. The summed E-state index contributed by atoms with van der Waals surface area (Å²) in [4.78, 5) is 33.9. The lowest BCUT2D eigenvalue weighted by Gasteiger charge is -2.34. The zero-order valence-electron chi connectivity index (χ0n) is 14.8. The molecule has 0 aromatic carbocycles. The van der Waals surface area contributed by atoms with Crippen LogP contribution in [0, 0.1) is 13.8 Å². The predicted octanol–water partition coefficient (Wildman–Crippen LogP) is 0.422. The predicted molar refractivity (Wildman–Crippen MR) is 94.8 cm³/mol. The molecular weight excluding hydrogens is 332 g/mol. The van der Waals surface area contributed by atoms with Gasteiger partial charge in [0, 0.05) is 55.5 Å². The summed E-state index contributed by atoms with van der Waals surface area (Å²) in [6.07, 6.45) is 5.27. The van der Waals surface area contributed by atoms with E-state index < -0.39 is 0 Å². The summed E-state index contributed by atoms with van der Waals surface area (Å²) in [5.41, 5.74) is 2.66. The normalized spacial score (nSPS) is 14.8. The summed E-state index contributed by atoms with van der Waals surface area (Å²) >= 11 is 0. The van der Waals surface area contributed by atoms with E-state index in [2.05, 4.69) is 29.9 Å². The number of rotatable bonds is 3. The third kappa shape index (κ3) is 2.96. The maximum atomic E-state index is 12.8. The van der Waals surface area contributed by atoms with Crippen molar-refractivity contribution in [2.24, 2.45) is 0 Å². The van der Waals surface area contributed by atoms with Crippen LogP contribution >= 0.6 is 0 Å². The second-order valence-corrected chi connectivity index (χ2v) is 6.33. The van der Waals surface area contributed by atoms with E-state index >= 15 is 0 Å². The van der Waals surface area contributed by atoms with Crippen molar-refractivity contribution in [1.82, 2.24) is 34.4 Å². The highest BCUT2D eigenvalue weighted by Gasteiger charge is 2.24. The van der Waals surface area contributed by atoms with Gasteiger partial charge in [-0.25, -0.2) is 19.5 Å². The molecule has 1 saturated heterocycles. The minimum absolute atomic E-state index is 0.103. The van der Waals surface area contributed by atoms with Crippen LogP contribution in [-0.4, -0.2) is 66.5 Å². The van der Waals surface area contributed by atoms with Crippen molar-refractivity contribution in [1.29, 1.82) is 0 Å². The fraction of sp³-hybridized carbons (Fsp3) is 0.412. The Hall–Kier alpha value is -3.10. The van der Waals surface area contributed by atoms with Crippen molar-refractivity contribution in [3.8, 4) is 0 Å². The summed E-state index contributed by atoms with van der Waals surface area (Å²) in [5, 5.41) is 4.18. The van der Waals surface area contributed by atoms with Gasteiger partial charge in [-0.05, 0) is 19.9 Å². The Labute approximate surface area is 150 Å². The maximum Gasteiger partial charge on any atom is 0.252 e. The molecule has 0 atom stereocenters. The highest BCUT2D eigenvalue weighted by molar-refractivity contribution is 5.79. The zero-order chi connectivity index (χ0) is 18.1. The molecule has 0 saturated carbocycles. The molecule has 0 unspecified atom stereocenters. The molecule has 3 aromatic rings. The van der Waals surface area contributed by atoms with Gasteiger partial charge in [-0.15, -0.1) is 0 Å². The molecule has 0 bridgehead atoms. The SMILES string of the molecule is Cc1nc2ncnn2c(C)c1CC(=O)N1CCN(c2ncccn2)CC1. The summed E-state index contributed by atoms with van der Waals surface area (Å²) in [6.45, 7) is 6.64. The minimum Gasteiger partial charge on any atom is -0.339 e. The van der Waals surface area contributed by atoms with Crippen LogP contribution in [0.2, 0.25) is 0 Å². The molecule has 1 amide bonds. The van der Waals surface area contributed by atoms with Gasteiger partial charge in [-0.3, -0.25) is 4.79 Å². The average molecular weight is 352 g/mol. The maximum absolute atomic E-state index is 12.8. The molecule has 3 aromatic heterocycles. The van der Waals surface area contributed by atoms with Gasteiger partial charge in [0.25, 0.3) is 5.78 Å². The summed E-state index contributed by atoms with van der Waals surface area (Å²) in [6, 6.07) is 1.80. The van der Waals surface area contributed by atoms with Gasteiger partial charge in [0.2, 0.25) is 11.9 Å². The zero-order valence-corrected chi connectivity index (χ0v) is 14.8. The topological polar surface area (TPSA) is 92.4 Å². The number of anilines is 1. The van der Waals surface area contributed by atoms with E-state index in [0.29, 0.717) is 31.2 Å². The number of hydrogen-bond acceptors (Lipinski definition) is 7. The van der Waals surface area contributed by atoms with E-state index in [-0.39, 0.29) is 5.91 Å². The first-order valence-electron chi connectivity index (χ1n) is 8.59. The third-order valence-electron chi connectivity index (χ3n) is 4.78. The van der Waals surface area contributed by atoms with Crippen molar-refractivity contribution in [3.05, 3.63) is 41.7 Å².